The number of aromatic nitrogens is 1. The molecule has 0 amide bonds. The lowest BCUT2D eigenvalue weighted by atomic mass is 10.1. The minimum Gasteiger partial charge on any atom is -0.398 e. The molecule has 1 aromatic heterocycles. The minimum atomic E-state index is 0.765. The normalized spacial score (nSPS) is 10.5. The third-order valence-corrected chi connectivity index (χ3v) is 3.59. The average Bonchev–Trinajstić information content (AvgIpc) is 2.40. The summed E-state index contributed by atoms with van der Waals surface area (Å²) in [4.78, 5) is 6.72. The van der Waals surface area contributed by atoms with Gasteiger partial charge in [-0.3, -0.25) is 4.98 Å². The third-order valence-electron chi connectivity index (χ3n) is 3.59. The second-order valence-electron chi connectivity index (χ2n) is 5.07. The number of pyridine rings is 1. The van der Waals surface area contributed by atoms with Crippen LogP contribution in [0.4, 0.5) is 11.4 Å². The molecule has 1 aromatic carbocycles. The number of nitrogens with two attached hydrogens (primary N) is 1. The van der Waals surface area contributed by atoms with Crippen molar-refractivity contribution in [2.75, 3.05) is 17.7 Å². The summed E-state index contributed by atoms with van der Waals surface area (Å²) in [6, 6.07) is 8.36. The predicted octanol–water partition coefficient (Wildman–Crippen LogP) is 3.23. The highest BCUT2D eigenvalue weighted by atomic mass is 15.1. The van der Waals surface area contributed by atoms with Crippen LogP contribution in [0.3, 0.4) is 0 Å². The maximum atomic E-state index is 6.07. The first kappa shape index (κ1) is 13.4. The van der Waals surface area contributed by atoms with Crippen molar-refractivity contribution in [3.8, 4) is 0 Å². The highest BCUT2D eigenvalue weighted by Crippen LogP contribution is 2.23. The number of rotatable bonds is 3. The van der Waals surface area contributed by atoms with Crippen LogP contribution in [0.5, 0.6) is 0 Å². The lowest BCUT2D eigenvalue weighted by Gasteiger charge is -2.22. The van der Waals surface area contributed by atoms with Gasteiger partial charge in [0.05, 0.1) is 12.2 Å². The van der Waals surface area contributed by atoms with E-state index < -0.39 is 0 Å². The SMILES string of the molecule is Cc1ccccc1N(C)Cc1ncc(C)c(N)c1C. The van der Waals surface area contributed by atoms with Gasteiger partial charge in [-0.1, -0.05) is 18.2 Å². The van der Waals surface area contributed by atoms with Gasteiger partial charge in [-0.15, -0.1) is 0 Å². The van der Waals surface area contributed by atoms with Gasteiger partial charge in [0.2, 0.25) is 0 Å². The van der Waals surface area contributed by atoms with Gasteiger partial charge in [0.25, 0.3) is 0 Å². The van der Waals surface area contributed by atoms with Crippen LogP contribution < -0.4 is 10.6 Å². The molecule has 0 aliphatic carbocycles. The molecule has 3 heteroatoms. The summed E-state index contributed by atoms with van der Waals surface area (Å²) in [7, 11) is 2.08. The number of benzene rings is 1. The molecule has 0 spiro atoms. The van der Waals surface area contributed by atoms with Crippen LogP contribution in [-0.2, 0) is 6.54 Å². The van der Waals surface area contributed by atoms with Crippen molar-refractivity contribution in [2.24, 2.45) is 0 Å². The fourth-order valence-electron chi connectivity index (χ4n) is 2.25. The maximum absolute atomic E-state index is 6.07. The van der Waals surface area contributed by atoms with Crippen molar-refractivity contribution in [3.63, 3.8) is 0 Å². The van der Waals surface area contributed by atoms with E-state index in [2.05, 4.69) is 48.1 Å². The van der Waals surface area contributed by atoms with Gasteiger partial charge in [-0.25, -0.2) is 0 Å². The Labute approximate surface area is 115 Å². The molecule has 19 heavy (non-hydrogen) atoms. The summed E-state index contributed by atoms with van der Waals surface area (Å²) in [6.07, 6.45) is 1.85. The molecule has 0 unspecified atom stereocenters. The van der Waals surface area contributed by atoms with Gasteiger partial charge < -0.3 is 10.6 Å². The molecule has 0 aliphatic heterocycles. The van der Waals surface area contributed by atoms with E-state index in [4.69, 9.17) is 5.73 Å². The lowest BCUT2D eigenvalue weighted by Crippen LogP contribution is -2.19. The molecular weight excluding hydrogens is 234 g/mol. The monoisotopic (exact) mass is 255 g/mol. The van der Waals surface area contributed by atoms with Crippen LogP contribution in [0.15, 0.2) is 30.5 Å². The first-order valence-electron chi connectivity index (χ1n) is 6.48. The van der Waals surface area contributed by atoms with E-state index in [0.29, 0.717) is 0 Å². The number of aryl methyl sites for hydroxylation is 2. The first-order chi connectivity index (χ1) is 9.00. The van der Waals surface area contributed by atoms with E-state index in [9.17, 15) is 0 Å². The van der Waals surface area contributed by atoms with Gasteiger partial charge in [0.15, 0.2) is 0 Å². The Balaban J connectivity index is 2.27. The standard InChI is InChI=1S/C16H21N3/c1-11-7-5-6-8-15(11)19(4)10-14-13(3)16(17)12(2)9-18-14/h5-9H,10H2,1-4H3,(H2,17,18). The van der Waals surface area contributed by atoms with Crippen LogP contribution in [0.25, 0.3) is 0 Å². The molecule has 1 heterocycles. The van der Waals surface area contributed by atoms with Crippen molar-refractivity contribution in [1.82, 2.24) is 4.98 Å². The molecule has 0 radical (unpaired) electrons. The zero-order valence-corrected chi connectivity index (χ0v) is 12.1. The van der Waals surface area contributed by atoms with Gasteiger partial charge in [0.1, 0.15) is 0 Å². The second kappa shape index (κ2) is 5.31. The first-order valence-corrected chi connectivity index (χ1v) is 6.48. The Kier molecular flexibility index (Phi) is 3.74. The summed E-state index contributed by atoms with van der Waals surface area (Å²) >= 11 is 0. The summed E-state index contributed by atoms with van der Waals surface area (Å²) in [5, 5.41) is 0. The summed E-state index contributed by atoms with van der Waals surface area (Å²) in [5.74, 6) is 0. The van der Waals surface area contributed by atoms with E-state index in [0.717, 1.165) is 29.1 Å². The lowest BCUT2D eigenvalue weighted by molar-refractivity contribution is 0.869. The smallest absolute Gasteiger partial charge is 0.0646 e. The summed E-state index contributed by atoms with van der Waals surface area (Å²) < 4.78 is 0. The Morgan fingerprint density at radius 3 is 2.47 bits per heavy atom. The average molecular weight is 255 g/mol. The maximum Gasteiger partial charge on any atom is 0.0646 e. The highest BCUT2D eigenvalue weighted by Gasteiger charge is 2.10. The second-order valence-corrected chi connectivity index (χ2v) is 5.07. The van der Waals surface area contributed by atoms with Crippen molar-refractivity contribution < 1.29 is 0 Å². The summed E-state index contributed by atoms with van der Waals surface area (Å²) in [5.41, 5.74) is 12.6. The fourth-order valence-corrected chi connectivity index (χ4v) is 2.25. The van der Waals surface area contributed by atoms with Crippen molar-refractivity contribution in [1.29, 1.82) is 0 Å². The van der Waals surface area contributed by atoms with Gasteiger partial charge in [-0.2, -0.15) is 0 Å². The molecule has 3 nitrogen and oxygen atoms in total. The van der Waals surface area contributed by atoms with Crippen LogP contribution >= 0.6 is 0 Å². The molecule has 0 aliphatic rings. The minimum absolute atomic E-state index is 0.765. The molecule has 2 aromatic rings. The van der Waals surface area contributed by atoms with Crippen molar-refractivity contribution in [2.45, 2.75) is 27.3 Å². The number of anilines is 2. The molecule has 2 rings (SSSR count). The molecule has 100 valence electrons. The highest BCUT2D eigenvalue weighted by molar-refractivity contribution is 5.56. The molecule has 0 bridgehead atoms. The fraction of sp³-hybridized carbons (Fsp3) is 0.312. The Morgan fingerprint density at radius 1 is 1.11 bits per heavy atom. The molecule has 0 saturated carbocycles. The van der Waals surface area contributed by atoms with Gasteiger partial charge >= 0.3 is 0 Å². The topological polar surface area (TPSA) is 42.2 Å². The van der Waals surface area contributed by atoms with Gasteiger partial charge in [0, 0.05) is 24.6 Å². The number of hydrogen-bond donors (Lipinski definition) is 1. The van der Waals surface area contributed by atoms with Crippen LogP contribution in [-0.4, -0.2) is 12.0 Å². The quantitative estimate of drug-likeness (QED) is 0.915. The molecule has 2 N–H and O–H groups in total. The number of nitrogens with zero attached hydrogens (tertiary/aromatic N) is 2. The van der Waals surface area contributed by atoms with E-state index in [1.54, 1.807) is 0 Å². The van der Waals surface area contributed by atoms with Gasteiger partial charge in [-0.05, 0) is 43.5 Å². The van der Waals surface area contributed by atoms with E-state index >= 15 is 0 Å². The zero-order valence-electron chi connectivity index (χ0n) is 12.1. The third kappa shape index (κ3) is 2.70. The van der Waals surface area contributed by atoms with E-state index in [1.807, 2.05) is 20.0 Å². The Morgan fingerprint density at radius 2 is 1.79 bits per heavy atom. The molecule has 0 atom stereocenters. The Bertz CT molecular complexity index is 591. The van der Waals surface area contributed by atoms with Crippen LogP contribution in [0, 0.1) is 20.8 Å². The molecule has 0 saturated heterocycles. The van der Waals surface area contributed by atoms with E-state index in [1.165, 1.54) is 11.3 Å². The number of hydrogen-bond acceptors (Lipinski definition) is 3. The number of nitrogen functional groups attached to an aromatic ring is 1. The predicted molar refractivity (Wildman–Crippen MR) is 81.4 cm³/mol. The largest absolute Gasteiger partial charge is 0.398 e. The van der Waals surface area contributed by atoms with E-state index in [-0.39, 0.29) is 0 Å². The Hall–Kier alpha value is -2.03. The number of para-hydroxylation sites is 1. The summed E-state index contributed by atoms with van der Waals surface area (Å²) in [6.45, 7) is 6.91. The van der Waals surface area contributed by atoms with Crippen LogP contribution in [0.2, 0.25) is 0 Å². The van der Waals surface area contributed by atoms with Crippen LogP contribution in [0.1, 0.15) is 22.4 Å². The molecule has 0 fully saturated rings. The van der Waals surface area contributed by atoms with Crippen molar-refractivity contribution >= 4 is 11.4 Å². The van der Waals surface area contributed by atoms with Crippen molar-refractivity contribution in [3.05, 3.63) is 52.8 Å². The molecular formula is C16H21N3. The zero-order chi connectivity index (χ0) is 14.0.